The summed E-state index contributed by atoms with van der Waals surface area (Å²) in [5.74, 6) is 2.27. The van der Waals surface area contributed by atoms with Gasteiger partial charge in [-0.05, 0) is 82.6 Å². The second-order valence-electron chi connectivity index (χ2n) is 13.6. The molecule has 1 aliphatic rings. The van der Waals surface area contributed by atoms with Gasteiger partial charge < -0.3 is 19.8 Å². The molecule has 47 heavy (non-hydrogen) atoms. The number of hydrogen-bond donors (Lipinski definition) is 3. The minimum atomic E-state index is -3.61. The SMILES string of the molecule is CCS(=O)(=O)Nc1cc(-c2ncc([C@@](C)(Cc3ccccc3)NC(=O)OC(C)(C)C)o2)cc(N[C@H](Cc2ccccc2)[C@H]2C[C@@H]2C)n1. The number of carbonyl (C=O) groups excluding carboxylic acids is 1. The second kappa shape index (κ2) is 13.8. The number of hydrogen-bond acceptors (Lipinski definition) is 8. The average Bonchev–Trinajstić information content (AvgIpc) is 3.50. The summed E-state index contributed by atoms with van der Waals surface area (Å²) >= 11 is 0. The Balaban J connectivity index is 1.50. The Morgan fingerprint density at radius 1 is 1.00 bits per heavy atom. The Labute approximate surface area is 277 Å². The van der Waals surface area contributed by atoms with Gasteiger partial charge in [0, 0.05) is 18.0 Å². The van der Waals surface area contributed by atoms with Crippen LogP contribution in [0.25, 0.3) is 11.5 Å². The number of aromatic nitrogens is 2. The highest BCUT2D eigenvalue weighted by Crippen LogP contribution is 2.43. The molecule has 0 unspecified atom stereocenters. The van der Waals surface area contributed by atoms with Gasteiger partial charge in [0.1, 0.15) is 22.8 Å². The lowest BCUT2D eigenvalue weighted by molar-refractivity contribution is 0.0447. The van der Waals surface area contributed by atoms with Crippen LogP contribution in [0.3, 0.4) is 0 Å². The van der Waals surface area contributed by atoms with Crippen LogP contribution in [0.2, 0.25) is 0 Å². The van der Waals surface area contributed by atoms with Crippen molar-refractivity contribution in [2.24, 2.45) is 11.8 Å². The molecular weight excluding hydrogens is 614 g/mol. The molecule has 11 heteroatoms. The van der Waals surface area contributed by atoms with Crippen molar-refractivity contribution in [2.75, 3.05) is 15.8 Å². The van der Waals surface area contributed by atoms with Crippen molar-refractivity contribution in [2.45, 2.75) is 78.0 Å². The number of pyridine rings is 1. The number of oxazole rings is 1. The molecule has 1 amide bonds. The number of nitrogens with one attached hydrogen (secondary N) is 3. The van der Waals surface area contributed by atoms with Crippen molar-refractivity contribution in [3.05, 3.63) is 95.9 Å². The molecule has 1 aliphatic carbocycles. The summed E-state index contributed by atoms with van der Waals surface area (Å²) in [7, 11) is -3.61. The number of nitrogens with zero attached hydrogens (tertiary/aromatic N) is 2. The molecule has 0 radical (unpaired) electrons. The van der Waals surface area contributed by atoms with Crippen LogP contribution in [-0.4, -0.2) is 41.9 Å². The number of benzene rings is 2. The standard InChI is InChI=1S/C36H45N5O5S/c1-7-47(43,44)41-32-21-27(20-31(39-32)38-29(28-18-24(28)2)19-25-14-10-8-11-15-25)33-37-23-30(45-33)36(6,22-26-16-12-9-13-17-26)40-34(42)46-35(3,4)5/h8-17,20-21,23-24,28-29H,7,18-19,22H2,1-6H3,(H,40,42)(H2,38,39,41)/t24-,28-,29+,36+/m0/s1. The predicted octanol–water partition coefficient (Wildman–Crippen LogP) is 7.16. The molecule has 0 bridgehead atoms. The molecular formula is C36H45N5O5S. The molecule has 5 rings (SSSR count). The van der Waals surface area contributed by atoms with E-state index in [1.165, 1.54) is 5.56 Å². The molecule has 0 spiro atoms. The molecule has 250 valence electrons. The topological polar surface area (TPSA) is 135 Å². The Hall–Kier alpha value is -4.38. The average molecular weight is 660 g/mol. The first-order chi connectivity index (χ1) is 22.2. The van der Waals surface area contributed by atoms with Crippen LogP contribution >= 0.6 is 0 Å². The fourth-order valence-electron chi connectivity index (χ4n) is 5.68. The fourth-order valence-corrected chi connectivity index (χ4v) is 6.25. The Kier molecular flexibility index (Phi) is 9.95. The zero-order chi connectivity index (χ0) is 33.8. The maximum absolute atomic E-state index is 13.0. The lowest BCUT2D eigenvalue weighted by Gasteiger charge is -2.30. The van der Waals surface area contributed by atoms with Gasteiger partial charge in [-0.1, -0.05) is 67.6 Å². The van der Waals surface area contributed by atoms with Crippen molar-refractivity contribution in [1.29, 1.82) is 0 Å². The summed E-state index contributed by atoms with van der Waals surface area (Å²) in [4.78, 5) is 22.2. The van der Waals surface area contributed by atoms with E-state index in [1.807, 2.05) is 61.5 Å². The summed E-state index contributed by atoms with van der Waals surface area (Å²) in [5.41, 5.74) is 1.01. The monoisotopic (exact) mass is 659 g/mol. The van der Waals surface area contributed by atoms with E-state index in [9.17, 15) is 13.2 Å². The van der Waals surface area contributed by atoms with E-state index in [0.29, 0.717) is 35.4 Å². The fraction of sp³-hybridized carbons (Fsp3) is 0.417. The van der Waals surface area contributed by atoms with E-state index in [0.717, 1.165) is 18.4 Å². The highest BCUT2D eigenvalue weighted by atomic mass is 32.2. The third-order valence-corrected chi connectivity index (χ3v) is 9.54. The predicted molar refractivity (Wildman–Crippen MR) is 185 cm³/mol. The van der Waals surface area contributed by atoms with Crippen LogP contribution < -0.4 is 15.4 Å². The van der Waals surface area contributed by atoms with Gasteiger partial charge in [0.05, 0.1) is 11.9 Å². The van der Waals surface area contributed by atoms with Gasteiger partial charge in [-0.15, -0.1) is 0 Å². The molecule has 0 saturated heterocycles. The van der Waals surface area contributed by atoms with Crippen LogP contribution in [0.5, 0.6) is 0 Å². The van der Waals surface area contributed by atoms with E-state index in [2.05, 4.69) is 44.4 Å². The van der Waals surface area contributed by atoms with Gasteiger partial charge in [-0.2, -0.15) is 0 Å². The van der Waals surface area contributed by atoms with Crippen molar-refractivity contribution in [1.82, 2.24) is 15.3 Å². The number of sulfonamides is 1. The smallest absolute Gasteiger partial charge is 0.408 e. The van der Waals surface area contributed by atoms with Crippen molar-refractivity contribution >= 4 is 27.8 Å². The van der Waals surface area contributed by atoms with E-state index in [4.69, 9.17) is 9.15 Å². The molecule has 2 heterocycles. The molecule has 2 aromatic carbocycles. The van der Waals surface area contributed by atoms with Crippen LogP contribution in [0.4, 0.5) is 16.4 Å². The zero-order valence-electron chi connectivity index (χ0n) is 27.9. The van der Waals surface area contributed by atoms with Crippen LogP contribution in [0.1, 0.15) is 64.9 Å². The first kappa shape index (κ1) is 34.0. The number of carbonyl (C=O) groups is 1. The van der Waals surface area contributed by atoms with Crippen LogP contribution in [0, 0.1) is 11.8 Å². The quantitative estimate of drug-likeness (QED) is 0.138. The van der Waals surface area contributed by atoms with Gasteiger partial charge in [-0.3, -0.25) is 4.72 Å². The maximum atomic E-state index is 13.0. The zero-order valence-corrected chi connectivity index (χ0v) is 28.7. The minimum Gasteiger partial charge on any atom is -0.444 e. The lowest BCUT2D eigenvalue weighted by Crippen LogP contribution is -2.47. The van der Waals surface area contributed by atoms with E-state index in [1.54, 1.807) is 40.0 Å². The number of ether oxygens (including phenoxy) is 1. The summed E-state index contributed by atoms with van der Waals surface area (Å²) in [5, 5.41) is 6.61. The number of alkyl carbamates (subject to hydrolysis) is 1. The van der Waals surface area contributed by atoms with E-state index in [-0.39, 0.29) is 23.5 Å². The highest BCUT2D eigenvalue weighted by Gasteiger charge is 2.40. The van der Waals surface area contributed by atoms with Crippen LogP contribution in [-0.2, 0) is 33.1 Å². The highest BCUT2D eigenvalue weighted by molar-refractivity contribution is 7.92. The molecule has 1 fully saturated rings. The van der Waals surface area contributed by atoms with Crippen LogP contribution in [0.15, 0.2) is 83.4 Å². The molecule has 0 aliphatic heterocycles. The first-order valence-electron chi connectivity index (χ1n) is 16.1. The van der Waals surface area contributed by atoms with Gasteiger partial charge in [0.15, 0.2) is 5.76 Å². The lowest BCUT2D eigenvalue weighted by atomic mass is 9.90. The van der Waals surface area contributed by atoms with Gasteiger partial charge in [0.2, 0.25) is 15.9 Å². The maximum Gasteiger partial charge on any atom is 0.408 e. The molecule has 1 saturated carbocycles. The summed E-state index contributed by atoms with van der Waals surface area (Å²) in [6.45, 7) is 11.1. The molecule has 2 aromatic heterocycles. The minimum absolute atomic E-state index is 0.0955. The second-order valence-corrected chi connectivity index (χ2v) is 15.6. The largest absolute Gasteiger partial charge is 0.444 e. The summed E-state index contributed by atoms with van der Waals surface area (Å²) in [6.07, 6.45) is 3.32. The molecule has 4 atom stereocenters. The number of rotatable bonds is 13. The van der Waals surface area contributed by atoms with Gasteiger partial charge in [0.25, 0.3) is 0 Å². The number of amides is 1. The molecule has 4 aromatic rings. The Bertz CT molecular complexity index is 1770. The number of anilines is 2. The third kappa shape index (κ3) is 9.34. The van der Waals surface area contributed by atoms with E-state index < -0.39 is 27.3 Å². The summed E-state index contributed by atoms with van der Waals surface area (Å²) < 4.78 is 39.7. The van der Waals surface area contributed by atoms with Crippen molar-refractivity contribution in [3.8, 4) is 11.5 Å². The summed E-state index contributed by atoms with van der Waals surface area (Å²) in [6, 6.07) is 23.6. The molecule has 10 nitrogen and oxygen atoms in total. The normalized spacial score (nSPS) is 18.1. The van der Waals surface area contributed by atoms with Crippen molar-refractivity contribution in [3.63, 3.8) is 0 Å². The third-order valence-electron chi connectivity index (χ3n) is 8.26. The van der Waals surface area contributed by atoms with Crippen molar-refractivity contribution < 1.29 is 22.4 Å². The molecule has 3 N–H and O–H groups in total. The Morgan fingerprint density at radius 2 is 1.62 bits per heavy atom. The first-order valence-corrected chi connectivity index (χ1v) is 17.7. The Morgan fingerprint density at radius 3 is 2.21 bits per heavy atom. The van der Waals surface area contributed by atoms with Gasteiger partial charge >= 0.3 is 6.09 Å². The van der Waals surface area contributed by atoms with Gasteiger partial charge in [-0.25, -0.2) is 23.2 Å². The van der Waals surface area contributed by atoms with E-state index >= 15 is 0 Å².